The van der Waals surface area contributed by atoms with Crippen molar-refractivity contribution < 1.29 is 4.74 Å². The van der Waals surface area contributed by atoms with E-state index in [1.54, 1.807) is 4.68 Å². The molecule has 4 nitrogen and oxygen atoms in total. The summed E-state index contributed by atoms with van der Waals surface area (Å²) in [6, 6.07) is 10.1. The predicted molar refractivity (Wildman–Crippen MR) is 89.4 cm³/mol. The van der Waals surface area contributed by atoms with Crippen LogP contribution in [0.25, 0.3) is 11.3 Å². The summed E-state index contributed by atoms with van der Waals surface area (Å²) >= 11 is 0. The maximum Gasteiger partial charge on any atom is 0.141 e. The second-order valence-electron chi connectivity index (χ2n) is 5.67. The second kappa shape index (κ2) is 10.1. The summed E-state index contributed by atoms with van der Waals surface area (Å²) in [5.41, 5.74) is 1.97. The molecule has 1 aromatic carbocycles. The summed E-state index contributed by atoms with van der Waals surface area (Å²) in [5, 5.41) is 8.28. The summed E-state index contributed by atoms with van der Waals surface area (Å²) in [4.78, 5) is 0. The normalized spacial score (nSPS) is 11.0. The zero-order chi connectivity index (χ0) is 15.5. The van der Waals surface area contributed by atoms with Gasteiger partial charge in [-0.3, -0.25) is 0 Å². The highest BCUT2D eigenvalue weighted by Crippen LogP contribution is 2.14. The van der Waals surface area contributed by atoms with Gasteiger partial charge in [0.1, 0.15) is 12.4 Å². The van der Waals surface area contributed by atoms with Crippen molar-refractivity contribution in [3.8, 4) is 11.3 Å². The van der Waals surface area contributed by atoms with E-state index in [0.717, 1.165) is 24.3 Å². The molecule has 2 aromatic rings. The Morgan fingerprint density at radius 2 is 1.68 bits per heavy atom. The molecule has 0 aliphatic rings. The van der Waals surface area contributed by atoms with Gasteiger partial charge < -0.3 is 4.74 Å². The highest BCUT2D eigenvalue weighted by atomic mass is 16.5. The Labute approximate surface area is 133 Å². The molecule has 0 saturated heterocycles. The first-order chi connectivity index (χ1) is 10.9. The molecule has 0 saturated carbocycles. The fourth-order valence-corrected chi connectivity index (χ4v) is 2.42. The van der Waals surface area contributed by atoms with Crippen LogP contribution in [0.15, 0.2) is 36.5 Å². The van der Waals surface area contributed by atoms with Crippen LogP contribution >= 0.6 is 0 Å². The summed E-state index contributed by atoms with van der Waals surface area (Å²) in [6.45, 7) is 3.53. The molecule has 0 amide bonds. The highest BCUT2D eigenvalue weighted by molar-refractivity contribution is 5.56. The molecule has 1 heterocycles. The molecule has 120 valence electrons. The second-order valence-corrected chi connectivity index (χ2v) is 5.67. The van der Waals surface area contributed by atoms with Crippen LogP contribution in [0, 0.1) is 0 Å². The van der Waals surface area contributed by atoms with Crippen molar-refractivity contribution >= 4 is 0 Å². The van der Waals surface area contributed by atoms with Crippen LogP contribution in [0.1, 0.15) is 51.9 Å². The minimum absolute atomic E-state index is 0.482. The molecule has 2 rings (SSSR count). The van der Waals surface area contributed by atoms with Crippen molar-refractivity contribution in [2.45, 2.75) is 58.6 Å². The largest absolute Gasteiger partial charge is 0.359 e. The number of unbranched alkanes of at least 4 members (excludes halogenated alkanes) is 6. The van der Waals surface area contributed by atoms with Crippen molar-refractivity contribution in [3.05, 3.63) is 36.5 Å². The average Bonchev–Trinajstić information content (AvgIpc) is 3.03. The lowest BCUT2D eigenvalue weighted by Gasteiger charge is -2.04. The van der Waals surface area contributed by atoms with E-state index in [1.165, 1.54) is 38.5 Å². The minimum atomic E-state index is 0.482. The maximum atomic E-state index is 5.66. The van der Waals surface area contributed by atoms with Crippen LogP contribution in [0.5, 0.6) is 0 Å². The summed E-state index contributed by atoms with van der Waals surface area (Å²) in [6.07, 6.45) is 11.1. The summed E-state index contributed by atoms with van der Waals surface area (Å²) in [7, 11) is 0. The molecule has 0 N–H and O–H groups in total. The SMILES string of the molecule is CCCCCCCCCOCn1cc(-c2ccccc2)nn1. The van der Waals surface area contributed by atoms with Crippen molar-refractivity contribution in [3.63, 3.8) is 0 Å². The van der Waals surface area contributed by atoms with Gasteiger partial charge in [-0.25, -0.2) is 4.68 Å². The monoisotopic (exact) mass is 301 g/mol. The first-order valence-electron chi connectivity index (χ1n) is 8.43. The van der Waals surface area contributed by atoms with Gasteiger partial charge in [-0.05, 0) is 6.42 Å². The number of benzene rings is 1. The van der Waals surface area contributed by atoms with Gasteiger partial charge in [0.05, 0.1) is 6.20 Å². The molecule has 0 radical (unpaired) electrons. The topological polar surface area (TPSA) is 39.9 Å². The number of nitrogens with zero attached hydrogens (tertiary/aromatic N) is 3. The number of hydrogen-bond acceptors (Lipinski definition) is 3. The highest BCUT2D eigenvalue weighted by Gasteiger charge is 2.02. The zero-order valence-electron chi connectivity index (χ0n) is 13.6. The first-order valence-corrected chi connectivity index (χ1v) is 8.43. The molecule has 0 aliphatic carbocycles. The van der Waals surface area contributed by atoms with Crippen molar-refractivity contribution in [1.82, 2.24) is 15.0 Å². The molecule has 0 aliphatic heterocycles. The molecule has 1 aromatic heterocycles. The van der Waals surface area contributed by atoms with E-state index in [2.05, 4.69) is 17.2 Å². The van der Waals surface area contributed by atoms with Gasteiger partial charge >= 0.3 is 0 Å². The molecule has 0 fully saturated rings. The smallest absolute Gasteiger partial charge is 0.141 e. The van der Waals surface area contributed by atoms with E-state index in [1.807, 2.05) is 36.5 Å². The van der Waals surface area contributed by atoms with Crippen LogP contribution in [-0.2, 0) is 11.5 Å². The molecule has 0 unspecified atom stereocenters. The van der Waals surface area contributed by atoms with E-state index in [-0.39, 0.29) is 0 Å². The molecule has 22 heavy (non-hydrogen) atoms. The summed E-state index contributed by atoms with van der Waals surface area (Å²) < 4.78 is 7.41. The molecular formula is C18H27N3O. The van der Waals surface area contributed by atoms with Gasteiger partial charge in [-0.15, -0.1) is 5.10 Å². The quantitative estimate of drug-likeness (QED) is 0.566. The standard InChI is InChI=1S/C18H27N3O/c1-2-3-4-5-6-7-11-14-22-16-21-15-18(19-20-21)17-12-9-8-10-13-17/h8-10,12-13,15H,2-7,11,14,16H2,1H3. The van der Waals surface area contributed by atoms with Crippen LogP contribution in [-0.4, -0.2) is 21.6 Å². The molecule has 0 atom stereocenters. The van der Waals surface area contributed by atoms with Crippen molar-refractivity contribution in [2.75, 3.05) is 6.61 Å². The van der Waals surface area contributed by atoms with Gasteiger partial charge in [-0.1, -0.05) is 81.0 Å². The Morgan fingerprint density at radius 3 is 2.45 bits per heavy atom. The van der Waals surface area contributed by atoms with Crippen LogP contribution in [0.2, 0.25) is 0 Å². The lowest BCUT2D eigenvalue weighted by Crippen LogP contribution is -2.04. The van der Waals surface area contributed by atoms with Gasteiger partial charge in [0.25, 0.3) is 0 Å². The van der Waals surface area contributed by atoms with Gasteiger partial charge in [0.15, 0.2) is 0 Å². The van der Waals surface area contributed by atoms with Crippen molar-refractivity contribution in [2.24, 2.45) is 0 Å². The summed E-state index contributed by atoms with van der Waals surface area (Å²) in [5.74, 6) is 0. The Hall–Kier alpha value is -1.68. The Morgan fingerprint density at radius 1 is 0.955 bits per heavy atom. The van der Waals surface area contributed by atoms with Crippen molar-refractivity contribution in [1.29, 1.82) is 0 Å². The van der Waals surface area contributed by atoms with E-state index in [0.29, 0.717) is 6.73 Å². The fraction of sp³-hybridized carbons (Fsp3) is 0.556. The van der Waals surface area contributed by atoms with E-state index < -0.39 is 0 Å². The fourth-order valence-electron chi connectivity index (χ4n) is 2.42. The maximum absolute atomic E-state index is 5.66. The number of ether oxygens (including phenoxy) is 1. The Kier molecular flexibility index (Phi) is 7.67. The van der Waals surface area contributed by atoms with Gasteiger partial charge in [-0.2, -0.15) is 0 Å². The average molecular weight is 301 g/mol. The zero-order valence-corrected chi connectivity index (χ0v) is 13.6. The third kappa shape index (κ3) is 5.98. The first kappa shape index (κ1) is 16.7. The predicted octanol–water partition coefficient (Wildman–Crippen LogP) is 4.67. The van der Waals surface area contributed by atoms with Crippen LogP contribution < -0.4 is 0 Å². The molecule has 4 heteroatoms. The van der Waals surface area contributed by atoms with Crippen LogP contribution in [0.4, 0.5) is 0 Å². The molecule has 0 bridgehead atoms. The Bertz CT molecular complexity index is 510. The minimum Gasteiger partial charge on any atom is -0.359 e. The Balaban J connectivity index is 1.57. The van der Waals surface area contributed by atoms with E-state index >= 15 is 0 Å². The van der Waals surface area contributed by atoms with Crippen LogP contribution in [0.3, 0.4) is 0 Å². The van der Waals surface area contributed by atoms with E-state index in [4.69, 9.17) is 4.74 Å². The van der Waals surface area contributed by atoms with E-state index in [9.17, 15) is 0 Å². The lowest BCUT2D eigenvalue weighted by atomic mass is 10.1. The number of rotatable bonds is 11. The third-order valence-electron chi connectivity index (χ3n) is 3.72. The molecular weight excluding hydrogens is 274 g/mol. The third-order valence-corrected chi connectivity index (χ3v) is 3.72. The number of aromatic nitrogens is 3. The number of hydrogen-bond donors (Lipinski definition) is 0. The molecule has 0 spiro atoms. The van der Waals surface area contributed by atoms with Gasteiger partial charge in [0, 0.05) is 12.2 Å². The lowest BCUT2D eigenvalue weighted by molar-refractivity contribution is 0.0647. The van der Waals surface area contributed by atoms with Gasteiger partial charge in [0.2, 0.25) is 0 Å².